The number of allylic oxidation sites excluding steroid dienone is 2. The first-order chi connectivity index (χ1) is 11.6. The third kappa shape index (κ3) is 3.54. The molecule has 120 valence electrons. The van der Waals surface area contributed by atoms with E-state index in [0.29, 0.717) is 0 Å². The summed E-state index contributed by atoms with van der Waals surface area (Å²) < 4.78 is 2.21. The second-order valence-electron chi connectivity index (χ2n) is 6.08. The fourth-order valence-corrected chi connectivity index (χ4v) is 2.73. The lowest BCUT2D eigenvalue weighted by atomic mass is 10.1. The minimum Gasteiger partial charge on any atom is -0.378 e. The number of aromatic nitrogens is 1. The number of hydrogen-bond donors (Lipinski definition) is 0. The first-order valence-corrected chi connectivity index (χ1v) is 8.15. The summed E-state index contributed by atoms with van der Waals surface area (Å²) in [6, 6.07) is 21.3. The third-order valence-electron chi connectivity index (χ3n) is 4.20. The van der Waals surface area contributed by atoms with Gasteiger partial charge in [0.1, 0.15) is 7.05 Å². The Bertz CT molecular complexity index is 887. The number of pyridine rings is 1. The number of fused-ring (bicyclic) bond motifs is 1. The third-order valence-corrected chi connectivity index (χ3v) is 4.20. The number of benzene rings is 2. The molecule has 3 rings (SSSR count). The molecule has 0 amide bonds. The molecule has 24 heavy (non-hydrogen) atoms. The van der Waals surface area contributed by atoms with Gasteiger partial charge in [-0.15, -0.1) is 0 Å². The SMILES string of the molecule is CN(C)c1ccc(/C=C/C=C/c2ccc3ccccc3[n+]2C)cc1. The second-order valence-corrected chi connectivity index (χ2v) is 6.08. The number of hydrogen-bond acceptors (Lipinski definition) is 1. The van der Waals surface area contributed by atoms with Gasteiger partial charge in [0.2, 0.25) is 11.2 Å². The van der Waals surface area contributed by atoms with E-state index in [1.807, 2.05) is 0 Å². The van der Waals surface area contributed by atoms with Crippen molar-refractivity contribution in [3.05, 3.63) is 84.1 Å². The molecule has 0 unspecified atom stereocenters. The van der Waals surface area contributed by atoms with E-state index in [9.17, 15) is 0 Å². The van der Waals surface area contributed by atoms with Gasteiger partial charge in [0.15, 0.2) is 0 Å². The average Bonchev–Trinajstić information content (AvgIpc) is 2.61. The molecule has 0 radical (unpaired) electrons. The minimum absolute atomic E-state index is 1.18. The number of anilines is 1. The van der Waals surface area contributed by atoms with Crippen molar-refractivity contribution in [2.75, 3.05) is 19.0 Å². The number of rotatable bonds is 4. The van der Waals surface area contributed by atoms with Gasteiger partial charge in [0.25, 0.3) is 0 Å². The van der Waals surface area contributed by atoms with Crippen molar-refractivity contribution in [2.24, 2.45) is 7.05 Å². The Labute approximate surface area is 144 Å². The fourth-order valence-electron chi connectivity index (χ4n) is 2.73. The smallest absolute Gasteiger partial charge is 0.212 e. The zero-order valence-corrected chi connectivity index (χ0v) is 14.5. The first-order valence-electron chi connectivity index (χ1n) is 8.15. The normalized spacial score (nSPS) is 11.6. The van der Waals surface area contributed by atoms with E-state index in [2.05, 4.69) is 116 Å². The fraction of sp³-hybridized carbons (Fsp3) is 0.136. The molecule has 0 atom stereocenters. The van der Waals surface area contributed by atoms with E-state index in [0.717, 1.165) is 0 Å². The average molecular weight is 315 g/mol. The van der Waals surface area contributed by atoms with Crippen LogP contribution in [0.25, 0.3) is 23.1 Å². The van der Waals surface area contributed by atoms with Crippen molar-refractivity contribution in [3.8, 4) is 0 Å². The summed E-state index contributed by atoms with van der Waals surface area (Å²) in [5, 5.41) is 1.26. The summed E-state index contributed by atoms with van der Waals surface area (Å²) in [6.45, 7) is 0. The molecule has 1 aromatic heterocycles. The zero-order chi connectivity index (χ0) is 16.9. The van der Waals surface area contributed by atoms with Gasteiger partial charge >= 0.3 is 0 Å². The van der Waals surface area contributed by atoms with Crippen LogP contribution < -0.4 is 9.47 Å². The predicted molar refractivity (Wildman–Crippen MR) is 104 cm³/mol. The van der Waals surface area contributed by atoms with E-state index in [-0.39, 0.29) is 0 Å². The number of nitrogens with zero attached hydrogens (tertiary/aromatic N) is 2. The lowest BCUT2D eigenvalue weighted by Crippen LogP contribution is -2.32. The summed E-state index contributed by atoms with van der Waals surface area (Å²) in [4.78, 5) is 2.10. The lowest BCUT2D eigenvalue weighted by molar-refractivity contribution is -0.646. The van der Waals surface area contributed by atoms with Gasteiger partial charge < -0.3 is 4.90 Å². The van der Waals surface area contributed by atoms with E-state index >= 15 is 0 Å². The maximum atomic E-state index is 2.21. The molecule has 0 bridgehead atoms. The van der Waals surface area contributed by atoms with Crippen LogP contribution in [-0.2, 0) is 7.05 Å². The highest BCUT2D eigenvalue weighted by Gasteiger charge is 2.07. The van der Waals surface area contributed by atoms with Gasteiger partial charge in [-0.05, 0) is 29.8 Å². The molecular weight excluding hydrogens is 292 g/mol. The van der Waals surface area contributed by atoms with Gasteiger partial charge in [-0.1, -0.05) is 42.5 Å². The molecule has 2 nitrogen and oxygen atoms in total. The summed E-state index contributed by atoms with van der Waals surface area (Å²) in [7, 11) is 6.21. The van der Waals surface area contributed by atoms with Crippen LogP contribution in [0.4, 0.5) is 5.69 Å². The summed E-state index contributed by atoms with van der Waals surface area (Å²) >= 11 is 0. The van der Waals surface area contributed by atoms with Crippen LogP contribution >= 0.6 is 0 Å². The zero-order valence-electron chi connectivity index (χ0n) is 14.5. The van der Waals surface area contributed by atoms with Crippen LogP contribution in [0.2, 0.25) is 0 Å². The quantitative estimate of drug-likeness (QED) is 0.509. The number of aryl methyl sites for hydroxylation is 1. The summed E-state index contributed by atoms with van der Waals surface area (Å²) in [5.74, 6) is 0. The number of para-hydroxylation sites is 1. The summed E-state index contributed by atoms with van der Waals surface area (Å²) in [5.41, 5.74) is 4.84. The van der Waals surface area contributed by atoms with Gasteiger partial charge in [-0.2, -0.15) is 4.57 Å². The van der Waals surface area contributed by atoms with Crippen LogP contribution in [0, 0.1) is 0 Å². The first kappa shape index (κ1) is 16.0. The highest BCUT2D eigenvalue weighted by molar-refractivity contribution is 5.76. The Hall–Kier alpha value is -2.87. The van der Waals surface area contributed by atoms with Crippen LogP contribution in [0.15, 0.2) is 72.8 Å². The van der Waals surface area contributed by atoms with Crippen LogP contribution in [-0.4, -0.2) is 14.1 Å². The Kier molecular flexibility index (Phi) is 4.76. The van der Waals surface area contributed by atoms with E-state index in [1.54, 1.807) is 0 Å². The molecule has 0 saturated heterocycles. The molecule has 0 aliphatic heterocycles. The molecule has 0 saturated carbocycles. The van der Waals surface area contributed by atoms with Crippen molar-refractivity contribution in [2.45, 2.75) is 0 Å². The Balaban J connectivity index is 1.75. The van der Waals surface area contributed by atoms with Gasteiger partial charge in [0.05, 0.1) is 0 Å². The molecular formula is C22H23N2+. The highest BCUT2D eigenvalue weighted by Crippen LogP contribution is 2.13. The van der Waals surface area contributed by atoms with Gasteiger partial charge in [-0.25, -0.2) is 0 Å². The van der Waals surface area contributed by atoms with Crippen molar-refractivity contribution in [1.82, 2.24) is 0 Å². The summed E-state index contributed by atoms with van der Waals surface area (Å²) in [6.07, 6.45) is 8.43. The van der Waals surface area contributed by atoms with Gasteiger partial charge in [0, 0.05) is 43.4 Å². The van der Waals surface area contributed by atoms with Crippen LogP contribution in [0.1, 0.15) is 11.3 Å². The van der Waals surface area contributed by atoms with E-state index in [1.165, 1.54) is 27.8 Å². The monoisotopic (exact) mass is 315 g/mol. The predicted octanol–water partition coefficient (Wildman–Crippen LogP) is 4.46. The lowest BCUT2D eigenvalue weighted by Gasteiger charge is -2.11. The van der Waals surface area contributed by atoms with Crippen molar-refractivity contribution < 1.29 is 4.57 Å². The minimum atomic E-state index is 1.18. The second kappa shape index (κ2) is 7.14. The van der Waals surface area contributed by atoms with E-state index < -0.39 is 0 Å². The Morgan fingerprint density at radius 1 is 0.792 bits per heavy atom. The molecule has 0 aliphatic rings. The molecule has 0 aliphatic carbocycles. The van der Waals surface area contributed by atoms with Crippen molar-refractivity contribution in [1.29, 1.82) is 0 Å². The molecule has 0 spiro atoms. The molecule has 2 heteroatoms. The molecule has 0 N–H and O–H groups in total. The maximum Gasteiger partial charge on any atom is 0.212 e. The molecule has 3 aromatic rings. The molecule has 2 aromatic carbocycles. The standard InChI is InChI=1S/C22H23N2/c1-23(2)20-15-12-18(13-16-20)8-4-6-10-21-17-14-19-9-5-7-11-22(19)24(21)3/h4-17H,1-3H3/q+1. The van der Waals surface area contributed by atoms with Crippen LogP contribution in [0.5, 0.6) is 0 Å². The molecule has 0 fully saturated rings. The highest BCUT2D eigenvalue weighted by atomic mass is 15.1. The maximum absolute atomic E-state index is 2.21. The van der Waals surface area contributed by atoms with Crippen molar-refractivity contribution in [3.63, 3.8) is 0 Å². The van der Waals surface area contributed by atoms with Crippen molar-refractivity contribution >= 4 is 28.7 Å². The molecule has 1 heterocycles. The van der Waals surface area contributed by atoms with Crippen LogP contribution in [0.3, 0.4) is 0 Å². The van der Waals surface area contributed by atoms with Gasteiger partial charge in [-0.3, -0.25) is 0 Å². The largest absolute Gasteiger partial charge is 0.378 e. The Morgan fingerprint density at radius 2 is 1.50 bits per heavy atom. The topological polar surface area (TPSA) is 7.12 Å². The van der Waals surface area contributed by atoms with E-state index in [4.69, 9.17) is 0 Å². The Morgan fingerprint density at radius 3 is 2.25 bits per heavy atom.